The van der Waals surface area contributed by atoms with Crippen molar-refractivity contribution in [1.82, 2.24) is 15.6 Å². The zero-order chi connectivity index (χ0) is 18.9. The maximum absolute atomic E-state index is 12.9. The highest BCUT2D eigenvalue weighted by atomic mass is 35.5. The number of aromatic amines is 1. The lowest BCUT2D eigenvalue weighted by molar-refractivity contribution is -0.134. The third-order valence-corrected chi connectivity index (χ3v) is 5.44. The second kappa shape index (κ2) is 7.25. The molecule has 1 amide bonds. The molecule has 1 saturated heterocycles. The smallest absolute Gasteiger partial charge is 0.229 e. The minimum Gasteiger partial charge on any atom is -0.497 e. The summed E-state index contributed by atoms with van der Waals surface area (Å²) in [7, 11) is 1.65. The third kappa shape index (κ3) is 3.66. The summed E-state index contributed by atoms with van der Waals surface area (Å²) in [6.45, 7) is 1.84. The largest absolute Gasteiger partial charge is 0.497 e. The van der Waals surface area contributed by atoms with Crippen LogP contribution in [0.1, 0.15) is 11.3 Å². The molecule has 1 fully saturated rings. The van der Waals surface area contributed by atoms with E-state index in [-0.39, 0.29) is 5.91 Å². The van der Waals surface area contributed by atoms with E-state index in [1.807, 2.05) is 48.5 Å². The fraction of sp³-hybridized carbons (Fsp3) is 0.286. The molecule has 6 heteroatoms. The molecule has 0 radical (unpaired) electrons. The van der Waals surface area contributed by atoms with Gasteiger partial charge in [-0.1, -0.05) is 23.7 Å². The first kappa shape index (κ1) is 17.9. The molecular formula is C21H22ClN3O2. The molecular weight excluding hydrogens is 362 g/mol. The lowest BCUT2D eigenvalue weighted by Gasteiger charge is -2.41. The second-order valence-corrected chi connectivity index (χ2v) is 7.55. The summed E-state index contributed by atoms with van der Waals surface area (Å²) in [4.78, 5) is 16.2. The average Bonchev–Trinajstić information content (AvgIpc) is 3.06. The fourth-order valence-corrected chi connectivity index (χ4v) is 3.67. The number of rotatable bonds is 6. The Kier molecular flexibility index (Phi) is 4.81. The highest BCUT2D eigenvalue weighted by Crippen LogP contribution is 2.29. The van der Waals surface area contributed by atoms with Gasteiger partial charge in [0.25, 0.3) is 0 Å². The van der Waals surface area contributed by atoms with Crippen molar-refractivity contribution in [2.75, 3.05) is 20.2 Å². The maximum Gasteiger partial charge on any atom is 0.229 e. The Bertz CT molecular complexity index is 961. The van der Waals surface area contributed by atoms with Gasteiger partial charge in [0.1, 0.15) is 5.75 Å². The van der Waals surface area contributed by atoms with Gasteiger partial charge in [-0.2, -0.15) is 0 Å². The van der Waals surface area contributed by atoms with Crippen LogP contribution in [0.4, 0.5) is 0 Å². The number of hydrogen-bond acceptors (Lipinski definition) is 3. The van der Waals surface area contributed by atoms with Crippen molar-refractivity contribution < 1.29 is 9.53 Å². The highest BCUT2D eigenvalue weighted by molar-refractivity contribution is 6.30. The number of nitrogens with one attached hydrogen (secondary N) is 3. The third-order valence-electron chi connectivity index (χ3n) is 5.19. The number of hydrogen-bond donors (Lipinski definition) is 3. The molecule has 1 aliphatic heterocycles. The molecule has 2 aromatic carbocycles. The summed E-state index contributed by atoms with van der Waals surface area (Å²) in [5.74, 6) is 0.895. The van der Waals surface area contributed by atoms with Crippen LogP contribution < -0.4 is 15.4 Å². The minimum absolute atomic E-state index is 0.0763. The van der Waals surface area contributed by atoms with E-state index >= 15 is 0 Å². The van der Waals surface area contributed by atoms with Gasteiger partial charge >= 0.3 is 0 Å². The van der Waals surface area contributed by atoms with E-state index < -0.39 is 5.41 Å². The molecule has 0 unspecified atom stereocenters. The molecule has 2 heterocycles. The van der Waals surface area contributed by atoms with Gasteiger partial charge in [-0.25, -0.2) is 0 Å². The Labute approximate surface area is 163 Å². The first-order valence-corrected chi connectivity index (χ1v) is 9.35. The summed E-state index contributed by atoms with van der Waals surface area (Å²) in [5, 5.41) is 8.11. The Balaban J connectivity index is 1.43. The molecule has 5 nitrogen and oxygen atoms in total. The van der Waals surface area contributed by atoms with Crippen molar-refractivity contribution >= 4 is 28.4 Å². The molecule has 1 aliphatic rings. The van der Waals surface area contributed by atoms with Gasteiger partial charge in [0.15, 0.2) is 0 Å². The van der Waals surface area contributed by atoms with Gasteiger partial charge in [0, 0.05) is 34.7 Å². The van der Waals surface area contributed by atoms with Crippen LogP contribution in [0.3, 0.4) is 0 Å². The summed E-state index contributed by atoms with van der Waals surface area (Å²) in [6, 6.07) is 15.6. The van der Waals surface area contributed by atoms with Crippen molar-refractivity contribution in [3.63, 3.8) is 0 Å². The number of benzene rings is 2. The number of carbonyl (C=O) groups excluding carboxylic acids is 1. The quantitative estimate of drug-likeness (QED) is 0.612. The Morgan fingerprint density at radius 3 is 2.63 bits per heavy atom. The number of H-pyrrole nitrogens is 1. The van der Waals surface area contributed by atoms with Gasteiger partial charge in [0.2, 0.25) is 5.91 Å². The molecule has 3 N–H and O–H groups in total. The molecule has 0 saturated carbocycles. The van der Waals surface area contributed by atoms with Crippen molar-refractivity contribution in [2.45, 2.75) is 13.0 Å². The van der Waals surface area contributed by atoms with E-state index in [1.54, 1.807) is 7.11 Å². The van der Waals surface area contributed by atoms with Crippen LogP contribution in [0.25, 0.3) is 10.9 Å². The summed E-state index contributed by atoms with van der Waals surface area (Å²) in [6.07, 6.45) is 0.701. The molecule has 27 heavy (non-hydrogen) atoms. The number of methoxy groups -OCH3 is 1. The number of ether oxygens (including phenoxy) is 1. The molecule has 1 aromatic heterocycles. The van der Waals surface area contributed by atoms with Crippen molar-refractivity contribution in [3.05, 3.63) is 64.8 Å². The van der Waals surface area contributed by atoms with Crippen LogP contribution in [0.15, 0.2) is 48.5 Å². The van der Waals surface area contributed by atoms with E-state index in [1.165, 1.54) is 0 Å². The standard InChI is InChI=1S/C21H22ClN3O2/c1-27-18-6-7-19-15(9-18)8-17(25-19)11-24-20(26)21(12-23-13-21)10-14-2-4-16(22)5-3-14/h2-9,23,25H,10-13H2,1H3,(H,24,26). The van der Waals surface area contributed by atoms with Crippen LogP contribution in [0.5, 0.6) is 5.75 Å². The SMILES string of the molecule is COc1ccc2[nH]c(CNC(=O)C3(Cc4ccc(Cl)cc4)CNC3)cc2c1. The van der Waals surface area contributed by atoms with Crippen molar-refractivity contribution in [1.29, 1.82) is 0 Å². The Morgan fingerprint density at radius 2 is 1.96 bits per heavy atom. The van der Waals surface area contributed by atoms with Gasteiger partial charge in [-0.3, -0.25) is 4.79 Å². The highest BCUT2D eigenvalue weighted by Gasteiger charge is 2.44. The summed E-state index contributed by atoms with van der Waals surface area (Å²) >= 11 is 5.96. The van der Waals surface area contributed by atoms with Gasteiger partial charge in [-0.15, -0.1) is 0 Å². The zero-order valence-electron chi connectivity index (χ0n) is 15.1. The number of fused-ring (bicyclic) bond motifs is 1. The number of aromatic nitrogens is 1. The second-order valence-electron chi connectivity index (χ2n) is 7.12. The molecule has 140 valence electrons. The lowest BCUT2D eigenvalue weighted by Crippen LogP contribution is -2.62. The van der Waals surface area contributed by atoms with Crippen LogP contribution in [0, 0.1) is 5.41 Å². The predicted molar refractivity (Wildman–Crippen MR) is 107 cm³/mol. The first-order valence-electron chi connectivity index (χ1n) is 8.97. The van der Waals surface area contributed by atoms with E-state index in [9.17, 15) is 4.79 Å². The lowest BCUT2D eigenvalue weighted by atomic mass is 9.75. The van der Waals surface area contributed by atoms with Crippen LogP contribution in [0.2, 0.25) is 5.02 Å². The van der Waals surface area contributed by atoms with E-state index in [4.69, 9.17) is 16.3 Å². The maximum atomic E-state index is 12.9. The Hall–Kier alpha value is -2.50. The fourth-order valence-electron chi connectivity index (χ4n) is 3.54. The summed E-state index contributed by atoms with van der Waals surface area (Å²) in [5.41, 5.74) is 2.72. The summed E-state index contributed by atoms with van der Waals surface area (Å²) < 4.78 is 5.26. The predicted octanol–water partition coefficient (Wildman–Crippen LogP) is 3.28. The number of amides is 1. The molecule has 0 spiro atoms. The van der Waals surface area contributed by atoms with Crippen LogP contribution in [-0.2, 0) is 17.8 Å². The minimum atomic E-state index is -0.400. The normalized spacial score (nSPS) is 15.3. The number of carbonyl (C=O) groups is 1. The molecule has 0 atom stereocenters. The van der Waals surface area contributed by atoms with Crippen molar-refractivity contribution in [2.24, 2.45) is 5.41 Å². The molecule has 4 rings (SSSR count). The average molecular weight is 384 g/mol. The van der Waals surface area contributed by atoms with Gasteiger partial charge < -0.3 is 20.4 Å². The Morgan fingerprint density at radius 1 is 1.19 bits per heavy atom. The van der Waals surface area contributed by atoms with E-state index in [0.29, 0.717) is 31.1 Å². The topological polar surface area (TPSA) is 66.1 Å². The van der Waals surface area contributed by atoms with Crippen LogP contribution >= 0.6 is 11.6 Å². The monoisotopic (exact) mass is 383 g/mol. The molecule has 3 aromatic rings. The van der Waals surface area contributed by atoms with Gasteiger partial charge in [-0.05, 0) is 48.4 Å². The van der Waals surface area contributed by atoms with Crippen molar-refractivity contribution in [3.8, 4) is 5.75 Å². The molecule has 0 bridgehead atoms. The molecule has 0 aliphatic carbocycles. The van der Waals surface area contributed by atoms with E-state index in [0.717, 1.165) is 27.9 Å². The zero-order valence-corrected chi connectivity index (χ0v) is 15.9. The van der Waals surface area contributed by atoms with E-state index in [2.05, 4.69) is 15.6 Å². The van der Waals surface area contributed by atoms with Gasteiger partial charge in [0.05, 0.1) is 19.1 Å². The van der Waals surface area contributed by atoms with Crippen LogP contribution in [-0.4, -0.2) is 31.1 Å². The first-order chi connectivity index (χ1) is 13.1. The number of halogens is 1.